The third-order valence-electron chi connectivity index (χ3n) is 4.68. The Bertz CT molecular complexity index is 917. The van der Waals surface area contributed by atoms with Crippen molar-refractivity contribution in [3.63, 3.8) is 0 Å². The number of halogens is 1. The monoisotopic (exact) mass is 402 g/mol. The van der Waals surface area contributed by atoms with Crippen molar-refractivity contribution < 1.29 is 4.79 Å². The van der Waals surface area contributed by atoms with Crippen LogP contribution in [0.15, 0.2) is 35.5 Å². The smallest absolute Gasteiger partial charge is 0.259 e. The van der Waals surface area contributed by atoms with E-state index in [1.807, 2.05) is 24.3 Å². The fraction of sp³-hybridized carbons (Fsp3) is 0.412. The van der Waals surface area contributed by atoms with E-state index in [1.54, 1.807) is 27.8 Å². The van der Waals surface area contributed by atoms with Gasteiger partial charge in [-0.05, 0) is 28.8 Å². The van der Waals surface area contributed by atoms with Gasteiger partial charge in [0.1, 0.15) is 5.56 Å². The second kappa shape index (κ2) is 6.59. The van der Waals surface area contributed by atoms with Crippen LogP contribution in [0.5, 0.6) is 0 Å². The van der Waals surface area contributed by atoms with Gasteiger partial charge in [0.2, 0.25) is 0 Å². The van der Waals surface area contributed by atoms with Gasteiger partial charge in [-0.3, -0.25) is 9.48 Å². The van der Waals surface area contributed by atoms with E-state index in [2.05, 4.69) is 31.1 Å². The van der Waals surface area contributed by atoms with E-state index >= 15 is 0 Å². The van der Waals surface area contributed by atoms with Crippen LogP contribution >= 0.6 is 15.9 Å². The number of rotatable bonds is 2. The summed E-state index contributed by atoms with van der Waals surface area (Å²) in [7, 11) is 1.90. The highest BCUT2D eigenvalue weighted by atomic mass is 79.9. The largest absolute Gasteiger partial charge is 0.331 e. The Kier molecular flexibility index (Phi) is 4.29. The van der Waals surface area contributed by atoms with Crippen LogP contribution in [-0.4, -0.2) is 41.7 Å². The number of aromatic nitrogens is 5. The maximum atomic E-state index is 13.3. The minimum atomic E-state index is -0.0134. The Labute approximate surface area is 153 Å². The molecule has 0 radical (unpaired) electrons. The Balaban J connectivity index is 1.72. The third-order valence-corrected chi connectivity index (χ3v) is 5.09. The molecular weight excluding hydrogens is 384 g/mol. The zero-order valence-corrected chi connectivity index (χ0v) is 15.6. The number of nitrogens with zero attached hydrogens (tertiary/aromatic N) is 6. The molecule has 0 saturated carbocycles. The number of carbonyl (C=O) groups is 1. The third kappa shape index (κ3) is 3.06. The van der Waals surface area contributed by atoms with Crippen LogP contribution < -0.4 is 0 Å². The van der Waals surface area contributed by atoms with Crippen LogP contribution in [0.1, 0.15) is 47.6 Å². The Morgan fingerprint density at radius 1 is 1.16 bits per heavy atom. The van der Waals surface area contributed by atoms with Crippen LogP contribution in [0.4, 0.5) is 0 Å². The van der Waals surface area contributed by atoms with E-state index in [9.17, 15) is 4.79 Å². The number of fused-ring (bicyclic) bond motifs is 1. The van der Waals surface area contributed by atoms with E-state index in [-0.39, 0.29) is 11.9 Å². The first-order valence-corrected chi connectivity index (χ1v) is 9.21. The summed E-state index contributed by atoms with van der Waals surface area (Å²) >= 11 is 3.38. The molecule has 1 fully saturated rings. The summed E-state index contributed by atoms with van der Waals surface area (Å²) < 4.78 is 4.25. The number of amides is 1. The van der Waals surface area contributed by atoms with E-state index in [4.69, 9.17) is 0 Å². The van der Waals surface area contributed by atoms with Crippen molar-refractivity contribution in [2.75, 3.05) is 6.54 Å². The van der Waals surface area contributed by atoms with Crippen molar-refractivity contribution >= 4 is 27.5 Å². The Morgan fingerprint density at radius 3 is 2.84 bits per heavy atom. The molecule has 0 N–H and O–H groups in total. The lowest BCUT2D eigenvalue weighted by Crippen LogP contribution is -2.34. The average molecular weight is 403 g/mol. The topological polar surface area (TPSA) is 68.3 Å². The first-order valence-electron chi connectivity index (χ1n) is 8.42. The van der Waals surface area contributed by atoms with E-state index < -0.39 is 0 Å². The summed E-state index contributed by atoms with van der Waals surface area (Å²) in [6.45, 7) is 0.742. The maximum Gasteiger partial charge on any atom is 0.259 e. The van der Waals surface area contributed by atoms with Gasteiger partial charge in [0, 0.05) is 37.7 Å². The molecule has 4 rings (SSSR count). The molecule has 8 heteroatoms. The molecule has 0 aromatic carbocycles. The maximum absolute atomic E-state index is 13.3. The molecule has 1 atom stereocenters. The van der Waals surface area contributed by atoms with Gasteiger partial charge < -0.3 is 4.90 Å². The minimum absolute atomic E-state index is 0.0134. The minimum Gasteiger partial charge on any atom is -0.331 e. The van der Waals surface area contributed by atoms with Gasteiger partial charge in [0.15, 0.2) is 5.65 Å². The summed E-state index contributed by atoms with van der Waals surface area (Å²) in [4.78, 5) is 19.6. The summed E-state index contributed by atoms with van der Waals surface area (Å²) in [5.74, 6) is -0.0134. The fourth-order valence-corrected chi connectivity index (χ4v) is 3.76. The molecule has 1 aliphatic rings. The van der Waals surface area contributed by atoms with Gasteiger partial charge in [-0.25, -0.2) is 9.50 Å². The first-order chi connectivity index (χ1) is 12.1. The summed E-state index contributed by atoms with van der Waals surface area (Å²) in [6.07, 6.45) is 13.2. The Morgan fingerprint density at radius 2 is 2.04 bits per heavy atom. The molecule has 3 aromatic heterocycles. The molecule has 0 bridgehead atoms. The van der Waals surface area contributed by atoms with Crippen molar-refractivity contribution in [3.8, 4) is 0 Å². The van der Waals surface area contributed by atoms with Crippen LogP contribution in [0.3, 0.4) is 0 Å². The molecule has 0 aliphatic carbocycles. The van der Waals surface area contributed by atoms with Crippen molar-refractivity contribution in [1.29, 1.82) is 0 Å². The molecule has 25 heavy (non-hydrogen) atoms. The number of hydrogen-bond acceptors (Lipinski definition) is 4. The fourth-order valence-electron chi connectivity index (χ4n) is 3.47. The number of carbonyl (C=O) groups excluding carboxylic acids is 1. The molecule has 1 amide bonds. The van der Waals surface area contributed by atoms with Gasteiger partial charge in [0.05, 0.1) is 22.9 Å². The molecule has 130 valence electrons. The second-order valence-corrected chi connectivity index (χ2v) is 7.33. The van der Waals surface area contributed by atoms with Crippen LogP contribution in [0.25, 0.3) is 5.65 Å². The SMILES string of the molecule is Cn1cc(C2CCCCCN2C(=O)c2cnn3cc(Br)cnc23)cn1. The average Bonchev–Trinajstić information content (AvgIpc) is 3.12. The van der Waals surface area contributed by atoms with Gasteiger partial charge in [-0.1, -0.05) is 12.8 Å². The van der Waals surface area contributed by atoms with Crippen LogP contribution in [0.2, 0.25) is 0 Å². The molecule has 4 heterocycles. The highest BCUT2D eigenvalue weighted by Gasteiger charge is 2.30. The highest BCUT2D eigenvalue weighted by Crippen LogP contribution is 2.31. The Hall–Kier alpha value is -2.22. The predicted molar refractivity (Wildman–Crippen MR) is 96.1 cm³/mol. The van der Waals surface area contributed by atoms with Crippen LogP contribution in [0, 0.1) is 0 Å². The molecule has 7 nitrogen and oxygen atoms in total. The number of aryl methyl sites for hydroxylation is 1. The molecule has 0 spiro atoms. The predicted octanol–water partition coefficient (Wildman–Crippen LogP) is 2.98. The lowest BCUT2D eigenvalue weighted by atomic mass is 10.0. The lowest BCUT2D eigenvalue weighted by Gasteiger charge is -2.29. The van der Waals surface area contributed by atoms with E-state index in [0.29, 0.717) is 11.2 Å². The van der Waals surface area contributed by atoms with Gasteiger partial charge >= 0.3 is 0 Å². The van der Waals surface area contributed by atoms with Gasteiger partial charge in [0.25, 0.3) is 5.91 Å². The first kappa shape index (κ1) is 16.3. The van der Waals surface area contributed by atoms with Crippen molar-refractivity contribution in [3.05, 3.63) is 46.6 Å². The van der Waals surface area contributed by atoms with Crippen molar-refractivity contribution in [2.24, 2.45) is 7.05 Å². The van der Waals surface area contributed by atoms with Crippen molar-refractivity contribution in [1.82, 2.24) is 29.3 Å². The van der Waals surface area contributed by atoms with Gasteiger partial charge in [-0.15, -0.1) is 0 Å². The lowest BCUT2D eigenvalue weighted by molar-refractivity contribution is 0.0682. The summed E-state index contributed by atoms with van der Waals surface area (Å²) in [5, 5.41) is 8.56. The standard InChI is InChI=1S/C17H19BrN6O/c1-22-10-12(7-20-22)15-5-3-2-4-6-23(15)17(25)14-9-21-24-11-13(18)8-19-16(14)24/h7-11,15H,2-6H2,1H3. The van der Waals surface area contributed by atoms with E-state index in [1.165, 1.54) is 0 Å². The van der Waals surface area contributed by atoms with Gasteiger partial charge in [-0.2, -0.15) is 10.2 Å². The second-order valence-electron chi connectivity index (χ2n) is 6.41. The molecule has 1 aliphatic heterocycles. The zero-order valence-electron chi connectivity index (χ0n) is 14.0. The molecule has 1 unspecified atom stereocenters. The number of hydrogen-bond donors (Lipinski definition) is 0. The van der Waals surface area contributed by atoms with Crippen LogP contribution in [-0.2, 0) is 7.05 Å². The quantitative estimate of drug-likeness (QED) is 0.660. The highest BCUT2D eigenvalue weighted by molar-refractivity contribution is 9.10. The molecular formula is C17H19BrN6O. The zero-order chi connectivity index (χ0) is 17.4. The molecule has 1 saturated heterocycles. The number of likely N-dealkylation sites (tertiary alicyclic amines) is 1. The summed E-state index contributed by atoms with van der Waals surface area (Å²) in [6, 6.07) is 0.0501. The molecule has 3 aromatic rings. The van der Waals surface area contributed by atoms with Crippen molar-refractivity contribution in [2.45, 2.75) is 31.7 Å². The summed E-state index contributed by atoms with van der Waals surface area (Å²) in [5.41, 5.74) is 2.22. The van der Waals surface area contributed by atoms with E-state index in [0.717, 1.165) is 42.3 Å². The normalized spacial score (nSPS) is 18.5.